The largest absolute Gasteiger partial charge is 0.481 e. The molecule has 8 nitrogen and oxygen atoms in total. The summed E-state index contributed by atoms with van der Waals surface area (Å²) in [6.45, 7) is 7.04. The number of nitrogens with zero attached hydrogens (tertiary/aromatic N) is 3. The summed E-state index contributed by atoms with van der Waals surface area (Å²) in [7, 11) is 0. The lowest BCUT2D eigenvalue weighted by molar-refractivity contribution is -0.142. The number of benzene rings is 1. The van der Waals surface area contributed by atoms with Gasteiger partial charge in [-0.2, -0.15) is 0 Å². The van der Waals surface area contributed by atoms with E-state index in [0.29, 0.717) is 43.5 Å². The van der Waals surface area contributed by atoms with E-state index < -0.39 is 5.97 Å². The Hall–Kier alpha value is -2.87. The summed E-state index contributed by atoms with van der Waals surface area (Å²) in [6, 6.07) is 9.70. The van der Waals surface area contributed by atoms with Gasteiger partial charge in [0.05, 0.1) is 24.2 Å². The summed E-state index contributed by atoms with van der Waals surface area (Å²) >= 11 is 0. The standard InChI is InChI=1S/C32H46N4O4/c1-4-39-32(38)29-19-18-26(40-29)21-33-30-31(37)36(28-15-11-10-14-27(28)34-30)23(3)20-25-17-16-22(2)35(25)24-12-8-6-5-7-9-13-24/h10-11,14-15,19,22-26H,4-9,12-13,16-18,20-21H2,1-3H3,(H,33,34)/t22?,23-,25-,26?/m0/s1. The average molecular weight is 551 g/mol. The highest BCUT2D eigenvalue weighted by atomic mass is 16.6. The Kier molecular flexibility index (Phi) is 9.45. The zero-order valence-corrected chi connectivity index (χ0v) is 24.4. The molecule has 0 amide bonds. The molecule has 0 bridgehead atoms. The lowest BCUT2D eigenvalue weighted by atomic mass is 9.94. The zero-order chi connectivity index (χ0) is 28.1. The molecule has 0 spiro atoms. The number of carbonyl (C=O) groups is 1. The fourth-order valence-electron chi connectivity index (χ4n) is 7.11. The topological polar surface area (TPSA) is 85.7 Å². The first-order valence-electron chi connectivity index (χ1n) is 15.5. The number of anilines is 1. The number of hydrogen-bond donors (Lipinski definition) is 1. The highest BCUT2D eigenvalue weighted by Gasteiger charge is 2.36. The van der Waals surface area contributed by atoms with Crippen molar-refractivity contribution in [2.75, 3.05) is 18.5 Å². The minimum atomic E-state index is -0.445. The van der Waals surface area contributed by atoms with Crippen LogP contribution in [0.3, 0.4) is 0 Å². The average Bonchev–Trinajstić information content (AvgIpc) is 3.54. The van der Waals surface area contributed by atoms with Gasteiger partial charge in [0.2, 0.25) is 5.76 Å². The second-order valence-corrected chi connectivity index (χ2v) is 11.9. The van der Waals surface area contributed by atoms with Gasteiger partial charge in [0.15, 0.2) is 5.82 Å². The molecule has 1 aromatic heterocycles. The van der Waals surface area contributed by atoms with Crippen molar-refractivity contribution in [3.8, 4) is 0 Å². The first-order chi connectivity index (χ1) is 19.5. The fraction of sp³-hybridized carbons (Fsp3) is 0.656. The number of fused-ring (bicyclic) bond motifs is 1. The third kappa shape index (κ3) is 6.37. The molecule has 5 rings (SSSR count). The molecule has 218 valence electrons. The zero-order valence-electron chi connectivity index (χ0n) is 24.4. The van der Waals surface area contributed by atoms with Crippen LogP contribution >= 0.6 is 0 Å². The van der Waals surface area contributed by atoms with Gasteiger partial charge in [0.25, 0.3) is 5.56 Å². The fourth-order valence-corrected chi connectivity index (χ4v) is 7.11. The van der Waals surface area contributed by atoms with E-state index in [1.807, 2.05) is 28.8 Å². The minimum Gasteiger partial charge on any atom is -0.481 e. The van der Waals surface area contributed by atoms with Crippen LogP contribution in [0.25, 0.3) is 11.0 Å². The monoisotopic (exact) mass is 550 g/mol. The van der Waals surface area contributed by atoms with Crippen molar-refractivity contribution in [1.82, 2.24) is 14.5 Å². The van der Waals surface area contributed by atoms with Crippen LogP contribution in [0, 0.1) is 0 Å². The van der Waals surface area contributed by atoms with Crippen LogP contribution in [0.1, 0.15) is 97.4 Å². The van der Waals surface area contributed by atoms with Gasteiger partial charge in [0, 0.05) is 30.6 Å². The van der Waals surface area contributed by atoms with Gasteiger partial charge in [0.1, 0.15) is 6.10 Å². The molecule has 2 aromatic rings. The molecular formula is C32H46N4O4. The predicted octanol–water partition coefficient (Wildman–Crippen LogP) is 5.96. The van der Waals surface area contributed by atoms with Crippen molar-refractivity contribution in [3.63, 3.8) is 0 Å². The number of esters is 1. The second-order valence-electron chi connectivity index (χ2n) is 11.9. The van der Waals surface area contributed by atoms with Gasteiger partial charge < -0.3 is 19.4 Å². The maximum Gasteiger partial charge on any atom is 0.373 e. The molecule has 40 heavy (non-hydrogen) atoms. The van der Waals surface area contributed by atoms with E-state index in [0.717, 1.165) is 17.5 Å². The van der Waals surface area contributed by atoms with Crippen molar-refractivity contribution in [3.05, 3.63) is 46.5 Å². The number of hydrogen-bond acceptors (Lipinski definition) is 7. The lowest BCUT2D eigenvalue weighted by Crippen LogP contribution is -2.44. The summed E-state index contributed by atoms with van der Waals surface area (Å²) in [4.78, 5) is 33.4. The smallest absolute Gasteiger partial charge is 0.373 e. The van der Waals surface area contributed by atoms with E-state index >= 15 is 0 Å². The molecular weight excluding hydrogens is 504 g/mol. The van der Waals surface area contributed by atoms with Crippen LogP contribution in [0.5, 0.6) is 0 Å². The summed E-state index contributed by atoms with van der Waals surface area (Å²) in [5.74, 6) is 0.126. The molecule has 3 aliphatic rings. The van der Waals surface area contributed by atoms with E-state index in [2.05, 4.69) is 24.1 Å². The van der Waals surface area contributed by atoms with Crippen LogP contribution in [-0.4, -0.2) is 57.8 Å². The van der Waals surface area contributed by atoms with Crippen LogP contribution in [0.15, 0.2) is 40.9 Å². The molecule has 0 radical (unpaired) electrons. The summed E-state index contributed by atoms with van der Waals surface area (Å²) in [6.07, 6.45) is 14.8. The number of rotatable bonds is 9. The summed E-state index contributed by atoms with van der Waals surface area (Å²) in [5.41, 5.74) is 1.56. The van der Waals surface area contributed by atoms with Gasteiger partial charge >= 0.3 is 5.97 Å². The van der Waals surface area contributed by atoms with Gasteiger partial charge in [-0.05, 0) is 71.1 Å². The van der Waals surface area contributed by atoms with E-state index in [1.165, 1.54) is 57.8 Å². The number of para-hydroxylation sites is 2. The van der Waals surface area contributed by atoms with Crippen molar-refractivity contribution in [1.29, 1.82) is 0 Å². The van der Waals surface area contributed by atoms with E-state index in [-0.39, 0.29) is 23.5 Å². The number of nitrogens with one attached hydrogen (secondary N) is 1. The molecule has 1 aromatic carbocycles. The van der Waals surface area contributed by atoms with Crippen LogP contribution in [-0.2, 0) is 14.3 Å². The predicted molar refractivity (Wildman–Crippen MR) is 158 cm³/mol. The lowest BCUT2D eigenvalue weighted by Gasteiger charge is -2.38. The van der Waals surface area contributed by atoms with E-state index in [4.69, 9.17) is 14.5 Å². The number of ether oxygens (including phenoxy) is 2. The minimum absolute atomic E-state index is 0.0344. The SMILES string of the molecule is CCOC(=O)C1=CCC(CNc2nc3ccccc3n([C@@H](C)C[C@@H]3CCC(C)N3C3CCCCCCC3)c2=O)O1. The quantitative estimate of drug-likeness (QED) is 0.386. The molecule has 1 aliphatic carbocycles. The van der Waals surface area contributed by atoms with Gasteiger partial charge in [-0.1, -0.05) is 44.2 Å². The highest BCUT2D eigenvalue weighted by molar-refractivity contribution is 5.86. The molecule has 1 saturated carbocycles. The van der Waals surface area contributed by atoms with Gasteiger partial charge in [-0.15, -0.1) is 0 Å². The van der Waals surface area contributed by atoms with E-state index in [1.54, 1.807) is 13.0 Å². The Morgan fingerprint density at radius 2 is 1.88 bits per heavy atom. The number of aromatic nitrogens is 2. The Labute approximate surface area is 238 Å². The van der Waals surface area contributed by atoms with Crippen LogP contribution in [0.4, 0.5) is 5.82 Å². The first-order valence-corrected chi connectivity index (χ1v) is 15.5. The van der Waals surface area contributed by atoms with Crippen molar-refractivity contribution >= 4 is 22.8 Å². The third-order valence-electron chi connectivity index (χ3n) is 9.03. The van der Waals surface area contributed by atoms with Crippen molar-refractivity contribution < 1.29 is 14.3 Å². The summed E-state index contributed by atoms with van der Waals surface area (Å²) < 4.78 is 12.8. The van der Waals surface area contributed by atoms with Crippen LogP contribution in [0.2, 0.25) is 0 Å². The van der Waals surface area contributed by atoms with Gasteiger partial charge in [-0.3, -0.25) is 9.69 Å². The summed E-state index contributed by atoms with van der Waals surface area (Å²) in [5, 5.41) is 3.24. The maximum absolute atomic E-state index is 13.9. The first kappa shape index (κ1) is 28.7. The Balaban J connectivity index is 1.32. The van der Waals surface area contributed by atoms with E-state index in [9.17, 15) is 9.59 Å². The molecule has 8 heteroatoms. The molecule has 1 saturated heterocycles. The maximum atomic E-state index is 13.9. The Bertz CT molecular complexity index is 1250. The highest BCUT2D eigenvalue weighted by Crippen LogP contribution is 2.36. The third-order valence-corrected chi connectivity index (χ3v) is 9.03. The van der Waals surface area contributed by atoms with Crippen molar-refractivity contribution in [2.24, 2.45) is 0 Å². The molecule has 2 unspecified atom stereocenters. The molecule has 2 aliphatic heterocycles. The number of carbonyl (C=O) groups excluding carboxylic acids is 1. The normalized spacial score (nSPS) is 25.2. The Morgan fingerprint density at radius 1 is 1.12 bits per heavy atom. The molecule has 4 atom stereocenters. The second kappa shape index (κ2) is 13.2. The molecule has 3 heterocycles. The molecule has 2 fully saturated rings. The molecule has 1 N–H and O–H groups in total. The van der Waals surface area contributed by atoms with Crippen LogP contribution < -0.4 is 10.9 Å². The Morgan fingerprint density at radius 3 is 2.65 bits per heavy atom. The number of likely N-dealkylation sites (tertiary alicyclic amines) is 1. The van der Waals surface area contributed by atoms with Gasteiger partial charge in [-0.25, -0.2) is 9.78 Å². The van der Waals surface area contributed by atoms with Crippen molar-refractivity contribution in [2.45, 2.75) is 122 Å².